The van der Waals surface area contributed by atoms with Crippen molar-refractivity contribution < 1.29 is 5.11 Å². The van der Waals surface area contributed by atoms with Crippen molar-refractivity contribution in [1.82, 2.24) is 5.32 Å². The topological polar surface area (TPSA) is 32.3 Å². The Morgan fingerprint density at radius 1 is 1.19 bits per heavy atom. The normalized spacial score (nSPS) is 13.1. The lowest BCUT2D eigenvalue weighted by Gasteiger charge is -2.18. The largest absolute Gasteiger partial charge is 0.395 e. The molecule has 0 aliphatic carbocycles. The zero-order chi connectivity index (χ0) is 12.0. The van der Waals surface area contributed by atoms with Crippen LogP contribution in [0.25, 0.3) is 0 Å². The average molecular weight is 221 g/mol. The van der Waals surface area contributed by atoms with Gasteiger partial charge in [-0.1, -0.05) is 43.7 Å². The van der Waals surface area contributed by atoms with Crippen LogP contribution in [0.3, 0.4) is 0 Å². The summed E-state index contributed by atoms with van der Waals surface area (Å²) < 4.78 is 0. The fourth-order valence-electron chi connectivity index (χ4n) is 1.76. The second kappa shape index (κ2) is 6.66. The van der Waals surface area contributed by atoms with Crippen LogP contribution in [0.4, 0.5) is 0 Å². The first-order chi connectivity index (χ1) is 7.61. The Bertz CT molecular complexity index is 292. The Morgan fingerprint density at radius 2 is 1.81 bits per heavy atom. The molecule has 2 heteroatoms. The second-order valence-electron chi connectivity index (χ2n) is 4.88. The summed E-state index contributed by atoms with van der Waals surface area (Å²) in [7, 11) is 0. The molecule has 0 bridgehead atoms. The van der Waals surface area contributed by atoms with Gasteiger partial charge < -0.3 is 10.4 Å². The van der Waals surface area contributed by atoms with Crippen LogP contribution in [-0.2, 0) is 6.54 Å². The molecule has 0 heterocycles. The van der Waals surface area contributed by atoms with Crippen LogP contribution in [0.5, 0.6) is 0 Å². The Balaban J connectivity index is 2.40. The predicted molar refractivity (Wildman–Crippen MR) is 68.3 cm³/mol. The first-order valence-corrected chi connectivity index (χ1v) is 6.01. The molecule has 1 aromatic carbocycles. The highest BCUT2D eigenvalue weighted by Crippen LogP contribution is 2.07. The minimum atomic E-state index is 0.210. The summed E-state index contributed by atoms with van der Waals surface area (Å²) in [4.78, 5) is 0. The Morgan fingerprint density at radius 3 is 2.31 bits per heavy atom. The highest BCUT2D eigenvalue weighted by atomic mass is 16.3. The maximum absolute atomic E-state index is 9.23. The number of rotatable bonds is 6. The van der Waals surface area contributed by atoms with E-state index in [2.05, 4.69) is 50.4 Å². The van der Waals surface area contributed by atoms with E-state index in [1.807, 2.05) is 0 Å². The van der Waals surface area contributed by atoms with Crippen molar-refractivity contribution in [3.8, 4) is 0 Å². The minimum Gasteiger partial charge on any atom is -0.395 e. The van der Waals surface area contributed by atoms with Gasteiger partial charge in [-0.15, -0.1) is 0 Å². The maximum Gasteiger partial charge on any atom is 0.0584 e. The van der Waals surface area contributed by atoms with Crippen LogP contribution >= 0.6 is 0 Å². The molecule has 1 atom stereocenters. The molecule has 1 unspecified atom stereocenters. The van der Waals surface area contributed by atoms with E-state index in [1.165, 1.54) is 11.1 Å². The summed E-state index contributed by atoms with van der Waals surface area (Å²) in [5.74, 6) is 0.614. The number of aliphatic hydroxyl groups excluding tert-OH is 1. The molecule has 0 amide bonds. The zero-order valence-electron chi connectivity index (χ0n) is 10.5. The lowest BCUT2D eigenvalue weighted by atomic mass is 10.0. The molecule has 0 radical (unpaired) electrons. The van der Waals surface area contributed by atoms with Crippen molar-refractivity contribution in [3.05, 3.63) is 35.4 Å². The van der Waals surface area contributed by atoms with E-state index in [9.17, 15) is 5.11 Å². The molecule has 0 saturated heterocycles. The number of benzene rings is 1. The molecule has 0 fully saturated rings. The molecule has 0 saturated carbocycles. The van der Waals surface area contributed by atoms with E-state index in [0.717, 1.165) is 13.0 Å². The van der Waals surface area contributed by atoms with Gasteiger partial charge in [-0.3, -0.25) is 0 Å². The third kappa shape index (κ3) is 4.77. The molecule has 2 nitrogen and oxygen atoms in total. The number of aliphatic hydroxyl groups is 1. The van der Waals surface area contributed by atoms with E-state index in [1.54, 1.807) is 0 Å². The molecule has 0 aliphatic heterocycles. The lowest BCUT2D eigenvalue weighted by molar-refractivity contribution is 0.223. The van der Waals surface area contributed by atoms with Crippen LogP contribution in [0.2, 0.25) is 0 Å². The van der Waals surface area contributed by atoms with Crippen LogP contribution in [-0.4, -0.2) is 17.8 Å². The molecule has 2 N–H and O–H groups in total. The van der Waals surface area contributed by atoms with Gasteiger partial charge in [0.05, 0.1) is 6.61 Å². The van der Waals surface area contributed by atoms with E-state index in [4.69, 9.17) is 0 Å². The standard InChI is InChI=1S/C14H23NO/c1-11(2)8-14(10-16)15-9-13-6-4-12(3)5-7-13/h4-7,11,14-16H,8-10H2,1-3H3. The first kappa shape index (κ1) is 13.2. The van der Waals surface area contributed by atoms with Crippen LogP contribution < -0.4 is 5.32 Å². The molecular formula is C14H23NO. The van der Waals surface area contributed by atoms with Gasteiger partial charge in [0.2, 0.25) is 0 Å². The first-order valence-electron chi connectivity index (χ1n) is 6.01. The van der Waals surface area contributed by atoms with Crippen molar-refractivity contribution in [1.29, 1.82) is 0 Å². The van der Waals surface area contributed by atoms with Gasteiger partial charge in [0.25, 0.3) is 0 Å². The van der Waals surface area contributed by atoms with Crippen LogP contribution in [0.1, 0.15) is 31.4 Å². The van der Waals surface area contributed by atoms with Gasteiger partial charge in [0.1, 0.15) is 0 Å². The lowest BCUT2D eigenvalue weighted by Crippen LogP contribution is -2.33. The fraction of sp³-hybridized carbons (Fsp3) is 0.571. The molecule has 1 rings (SSSR count). The third-order valence-corrected chi connectivity index (χ3v) is 2.69. The number of nitrogens with one attached hydrogen (secondary N) is 1. The van der Waals surface area contributed by atoms with E-state index >= 15 is 0 Å². The SMILES string of the molecule is Cc1ccc(CNC(CO)CC(C)C)cc1. The number of aryl methyl sites for hydroxylation is 1. The van der Waals surface area contributed by atoms with E-state index in [-0.39, 0.29) is 12.6 Å². The van der Waals surface area contributed by atoms with Gasteiger partial charge in [0, 0.05) is 12.6 Å². The summed E-state index contributed by atoms with van der Waals surface area (Å²) in [6, 6.07) is 8.71. The Labute approximate surface area is 98.7 Å². The molecular weight excluding hydrogens is 198 g/mol. The molecule has 0 spiro atoms. The van der Waals surface area contributed by atoms with Crippen molar-refractivity contribution in [3.63, 3.8) is 0 Å². The van der Waals surface area contributed by atoms with Gasteiger partial charge in [0.15, 0.2) is 0 Å². The second-order valence-corrected chi connectivity index (χ2v) is 4.88. The average Bonchev–Trinajstić information content (AvgIpc) is 2.26. The highest BCUT2D eigenvalue weighted by Gasteiger charge is 2.08. The smallest absolute Gasteiger partial charge is 0.0584 e. The van der Waals surface area contributed by atoms with Crippen molar-refractivity contribution in [2.75, 3.05) is 6.61 Å². The van der Waals surface area contributed by atoms with Crippen LogP contribution in [0.15, 0.2) is 24.3 Å². The van der Waals surface area contributed by atoms with E-state index in [0.29, 0.717) is 5.92 Å². The van der Waals surface area contributed by atoms with Gasteiger partial charge in [-0.2, -0.15) is 0 Å². The quantitative estimate of drug-likeness (QED) is 0.773. The predicted octanol–water partition coefficient (Wildman–Crippen LogP) is 2.49. The Kier molecular flexibility index (Phi) is 5.50. The van der Waals surface area contributed by atoms with Gasteiger partial charge >= 0.3 is 0 Å². The van der Waals surface area contributed by atoms with Crippen LogP contribution in [0, 0.1) is 12.8 Å². The number of hydrogen-bond donors (Lipinski definition) is 2. The third-order valence-electron chi connectivity index (χ3n) is 2.69. The molecule has 0 aromatic heterocycles. The highest BCUT2D eigenvalue weighted by molar-refractivity contribution is 5.21. The van der Waals surface area contributed by atoms with Gasteiger partial charge in [-0.25, -0.2) is 0 Å². The van der Waals surface area contributed by atoms with Crippen molar-refractivity contribution in [2.45, 2.75) is 39.8 Å². The fourth-order valence-corrected chi connectivity index (χ4v) is 1.76. The number of hydrogen-bond acceptors (Lipinski definition) is 2. The summed E-state index contributed by atoms with van der Waals surface area (Å²) in [5, 5.41) is 12.6. The summed E-state index contributed by atoms with van der Waals surface area (Å²) >= 11 is 0. The summed E-state index contributed by atoms with van der Waals surface area (Å²) in [6.45, 7) is 7.49. The van der Waals surface area contributed by atoms with Gasteiger partial charge in [-0.05, 0) is 24.8 Å². The van der Waals surface area contributed by atoms with Crippen molar-refractivity contribution >= 4 is 0 Å². The van der Waals surface area contributed by atoms with Crippen molar-refractivity contribution in [2.24, 2.45) is 5.92 Å². The molecule has 90 valence electrons. The molecule has 0 aliphatic rings. The summed E-state index contributed by atoms with van der Waals surface area (Å²) in [5.41, 5.74) is 2.55. The zero-order valence-corrected chi connectivity index (χ0v) is 10.5. The molecule has 1 aromatic rings. The monoisotopic (exact) mass is 221 g/mol. The van der Waals surface area contributed by atoms with E-state index < -0.39 is 0 Å². The minimum absolute atomic E-state index is 0.210. The maximum atomic E-state index is 9.23. The summed E-state index contributed by atoms with van der Waals surface area (Å²) in [6.07, 6.45) is 1.02. The Hall–Kier alpha value is -0.860. The molecule has 16 heavy (non-hydrogen) atoms.